The van der Waals surface area contributed by atoms with Crippen LogP contribution in [0.3, 0.4) is 0 Å². The Labute approximate surface area is 120 Å². The summed E-state index contributed by atoms with van der Waals surface area (Å²) in [5, 5.41) is 3.36. The lowest BCUT2D eigenvalue weighted by atomic mass is 10.1. The topological polar surface area (TPSA) is 15.3 Å². The van der Waals surface area contributed by atoms with Gasteiger partial charge in [0.05, 0.1) is 5.69 Å². The molecule has 108 valence electrons. The first-order chi connectivity index (χ1) is 8.97. The van der Waals surface area contributed by atoms with Gasteiger partial charge < -0.3 is 10.2 Å². The summed E-state index contributed by atoms with van der Waals surface area (Å²) in [6.45, 7) is 7.02. The van der Waals surface area contributed by atoms with Gasteiger partial charge in [0.15, 0.2) is 0 Å². The number of thioether (sulfide) groups is 1. The molecule has 4 heteroatoms. The predicted octanol–water partition coefficient (Wildman–Crippen LogP) is 3.51. The van der Waals surface area contributed by atoms with Gasteiger partial charge in [-0.05, 0) is 24.8 Å². The number of halogens is 1. The summed E-state index contributed by atoms with van der Waals surface area (Å²) in [5.41, 5.74) is 1.74. The molecule has 0 aromatic heterocycles. The second kappa shape index (κ2) is 7.75. The number of hydrogen-bond donors (Lipinski definition) is 1. The van der Waals surface area contributed by atoms with E-state index in [1.165, 1.54) is 6.07 Å². The third kappa shape index (κ3) is 4.69. The van der Waals surface area contributed by atoms with E-state index in [0.717, 1.165) is 17.0 Å². The molecule has 0 fully saturated rings. The Balaban J connectivity index is 2.96. The molecule has 0 aliphatic heterocycles. The number of para-hydroxylation sites is 1. The monoisotopic (exact) mass is 284 g/mol. The lowest BCUT2D eigenvalue weighted by Gasteiger charge is -2.29. The van der Waals surface area contributed by atoms with E-state index >= 15 is 0 Å². The van der Waals surface area contributed by atoms with Crippen LogP contribution in [0.15, 0.2) is 18.2 Å². The third-order valence-electron chi connectivity index (χ3n) is 3.19. The number of benzene rings is 1. The van der Waals surface area contributed by atoms with Crippen molar-refractivity contribution in [3.63, 3.8) is 0 Å². The van der Waals surface area contributed by atoms with Crippen LogP contribution in [0.1, 0.15) is 26.3 Å². The highest BCUT2D eigenvalue weighted by atomic mass is 32.2. The van der Waals surface area contributed by atoms with Gasteiger partial charge in [0.2, 0.25) is 0 Å². The van der Waals surface area contributed by atoms with Crippen LogP contribution in [-0.2, 0) is 6.54 Å². The first kappa shape index (κ1) is 16.3. The van der Waals surface area contributed by atoms with Gasteiger partial charge in [0, 0.05) is 31.4 Å². The van der Waals surface area contributed by atoms with Gasteiger partial charge in [0.1, 0.15) is 5.82 Å². The van der Waals surface area contributed by atoms with E-state index in [-0.39, 0.29) is 5.82 Å². The van der Waals surface area contributed by atoms with Gasteiger partial charge in [0.25, 0.3) is 0 Å². The largest absolute Gasteiger partial charge is 0.368 e. The van der Waals surface area contributed by atoms with Crippen LogP contribution in [-0.4, -0.2) is 31.1 Å². The molecule has 0 bridgehead atoms. The number of anilines is 1. The molecular weight excluding hydrogens is 259 g/mol. The molecule has 0 amide bonds. The minimum atomic E-state index is -0.140. The molecule has 0 spiro atoms. The van der Waals surface area contributed by atoms with Gasteiger partial charge >= 0.3 is 0 Å². The van der Waals surface area contributed by atoms with Crippen LogP contribution in [0, 0.1) is 5.82 Å². The molecule has 1 N–H and O–H groups in total. The second-order valence-corrected chi connectivity index (χ2v) is 6.11. The van der Waals surface area contributed by atoms with Crippen molar-refractivity contribution in [1.29, 1.82) is 0 Å². The molecule has 1 aromatic rings. The molecule has 0 heterocycles. The Morgan fingerprint density at radius 1 is 1.32 bits per heavy atom. The summed E-state index contributed by atoms with van der Waals surface area (Å²) in [4.78, 5) is 2.04. The van der Waals surface area contributed by atoms with E-state index in [9.17, 15) is 4.39 Å². The minimum Gasteiger partial charge on any atom is -0.368 e. The van der Waals surface area contributed by atoms with Crippen LogP contribution in [0.2, 0.25) is 0 Å². The van der Waals surface area contributed by atoms with Crippen molar-refractivity contribution in [2.45, 2.75) is 39.4 Å². The standard InChI is InChI=1S/C15H25FN2S/c1-11(2)17-9-13-7-6-8-14(16)15(13)18(4)12(3)10-19-5/h6-8,11-12,17H,9-10H2,1-5H3. The fourth-order valence-electron chi connectivity index (χ4n) is 1.99. The lowest BCUT2D eigenvalue weighted by molar-refractivity contribution is 0.576. The normalized spacial score (nSPS) is 12.8. The Bertz CT molecular complexity index is 396. The van der Waals surface area contributed by atoms with Crippen molar-refractivity contribution in [2.24, 2.45) is 0 Å². The zero-order valence-corrected chi connectivity index (χ0v) is 13.4. The highest BCUT2D eigenvalue weighted by molar-refractivity contribution is 7.98. The Kier molecular flexibility index (Phi) is 6.66. The van der Waals surface area contributed by atoms with Gasteiger partial charge in [-0.2, -0.15) is 11.8 Å². The first-order valence-electron chi connectivity index (χ1n) is 6.70. The third-order valence-corrected chi connectivity index (χ3v) is 4.01. The summed E-state index contributed by atoms with van der Waals surface area (Å²) in [6, 6.07) is 6.02. The number of nitrogens with zero attached hydrogens (tertiary/aromatic N) is 1. The zero-order chi connectivity index (χ0) is 14.4. The molecule has 1 atom stereocenters. The molecular formula is C15H25FN2S. The maximum Gasteiger partial charge on any atom is 0.146 e. The van der Waals surface area contributed by atoms with Gasteiger partial charge in [-0.25, -0.2) is 4.39 Å². The van der Waals surface area contributed by atoms with Crippen molar-refractivity contribution in [3.05, 3.63) is 29.6 Å². The highest BCUT2D eigenvalue weighted by Gasteiger charge is 2.17. The summed E-state index contributed by atoms with van der Waals surface area (Å²) >= 11 is 1.78. The van der Waals surface area contributed by atoms with Crippen LogP contribution in [0.5, 0.6) is 0 Å². The van der Waals surface area contributed by atoms with E-state index in [0.29, 0.717) is 18.6 Å². The zero-order valence-electron chi connectivity index (χ0n) is 12.5. The van der Waals surface area contributed by atoms with Crippen LogP contribution in [0.4, 0.5) is 10.1 Å². The van der Waals surface area contributed by atoms with Crippen molar-refractivity contribution >= 4 is 17.4 Å². The van der Waals surface area contributed by atoms with Crippen LogP contribution >= 0.6 is 11.8 Å². The SMILES string of the molecule is CSCC(C)N(C)c1c(F)cccc1CNC(C)C. The number of nitrogens with one attached hydrogen (secondary N) is 1. The number of hydrogen-bond acceptors (Lipinski definition) is 3. The molecule has 19 heavy (non-hydrogen) atoms. The predicted molar refractivity (Wildman–Crippen MR) is 84.6 cm³/mol. The molecule has 1 rings (SSSR count). The van der Waals surface area contributed by atoms with E-state index in [4.69, 9.17) is 0 Å². The molecule has 0 saturated carbocycles. The maximum atomic E-state index is 14.1. The Morgan fingerprint density at radius 2 is 2.00 bits per heavy atom. The van der Waals surface area contributed by atoms with Crippen molar-refractivity contribution in [3.8, 4) is 0 Å². The molecule has 1 aromatic carbocycles. The summed E-state index contributed by atoms with van der Waals surface area (Å²) in [5.74, 6) is 0.848. The average Bonchev–Trinajstić information content (AvgIpc) is 2.35. The van der Waals surface area contributed by atoms with Crippen molar-refractivity contribution in [2.75, 3.05) is 24.0 Å². The quantitative estimate of drug-likeness (QED) is 0.825. The average molecular weight is 284 g/mol. The Morgan fingerprint density at radius 3 is 2.58 bits per heavy atom. The fraction of sp³-hybridized carbons (Fsp3) is 0.600. The van der Waals surface area contributed by atoms with Gasteiger partial charge in [-0.1, -0.05) is 26.0 Å². The van der Waals surface area contributed by atoms with Gasteiger partial charge in [-0.15, -0.1) is 0 Å². The summed E-state index contributed by atoms with van der Waals surface area (Å²) in [7, 11) is 1.97. The highest BCUT2D eigenvalue weighted by Crippen LogP contribution is 2.26. The summed E-state index contributed by atoms with van der Waals surface area (Å²) in [6.07, 6.45) is 2.08. The first-order valence-corrected chi connectivity index (χ1v) is 8.09. The summed E-state index contributed by atoms with van der Waals surface area (Å²) < 4.78 is 14.1. The molecule has 0 aliphatic carbocycles. The lowest BCUT2D eigenvalue weighted by Crippen LogP contribution is -2.33. The minimum absolute atomic E-state index is 0.140. The van der Waals surface area contributed by atoms with E-state index in [1.807, 2.05) is 18.0 Å². The Hall–Kier alpha value is -0.740. The molecule has 0 aliphatic rings. The van der Waals surface area contributed by atoms with Crippen LogP contribution < -0.4 is 10.2 Å². The van der Waals surface area contributed by atoms with Gasteiger partial charge in [-0.3, -0.25) is 0 Å². The second-order valence-electron chi connectivity index (χ2n) is 5.20. The maximum absolute atomic E-state index is 14.1. The molecule has 1 unspecified atom stereocenters. The molecule has 2 nitrogen and oxygen atoms in total. The van der Waals surface area contributed by atoms with E-state index in [2.05, 4.69) is 32.3 Å². The van der Waals surface area contributed by atoms with Crippen LogP contribution in [0.25, 0.3) is 0 Å². The van der Waals surface area contributed by atoms with E-state index < -0.39 is 0 Å². The number of rotatable bonds is 7. The van der Waals surface area contributed by atoms with E-state index in [1.54, 1.807) is 17.8 Å². The molecule has 0 saturated heterocycles. The molecule has 0 radical (unpaired) electrons. The fourth-order valence-corrected chi connectivity index (χ4v) is 2.69. The van der Waals surface area contributed by atoms with Crippen molar-refractivity contribution in [1.82, 2.24) is 5.32 Å². The smallest absolute Gasteiger partial charge is 0.146 e. The van der Waals surface area contributed by atoms with Crippen molar-refractivity contribution < 1.29 is 4.39 Å².